The van der Waals surface area contributed by atoms with Gasteiger partial charge in [0, 0.05) is 29.7 Å². The van der Waals surface area contributed by atoms with Gasteiger partial charge in [-0.1, -0.05) is 18.2 Å². The molecule has 1 unspecified atom stereocenters. The summed E-state index contributed by atoms with van der Waals surface area (Å²) < 4.78 is 14.0. The Bertz CT molecular complexity index is 1070. The molecule has 0 saturated carbocycles. The zero-order chi connectivity index (χ0) is 20.1. The van der Waals surface area contributed by atoms with E-state index in [-0.39, 0.29) is 17.0 Å². The van der Waals surface area contributed by atoms with Crippen LogP contribution in [0.25, 0.3) is 11.4 Å². The minimum atomic E-state index is -1.23. The van der Waals surface area contributed by atoms with Crippen molar-refractivity contribution in [2.45, 2.75) is 12.5 Å². The number of pyridine rings is 1. The number of hydrogen-bond donors (Lipinski definition) is 3. The number of benzene rings is 1. The van der Waals surface area contributed by atoms with Crippen molar-refractivity contribution in [3.8, 4) is 11.4 Å². The van der Waals surface area contributed by atoms with Gasteiger partial charge in [0.1, 0.15) is 17.2 Å². The van der Waals surface area contributed by atoms with E-state index in [4.69, 9.17) is 5.11 Å². The number of carboxylic acid groups (broad SMARTS) is 1. The zero-order valence-corrected chi connectivity index (χ0v) is 14.4. The molecule has 0 aliphatic rings. The third-order valence-corrected chi connectivity index (χ3v) is 3.96. The number of rotatable bonds is 6. The Morgan fingerprint density at radius 2 is 1.89 bits per heavy atom. The lowest BCUT2D eigenvalue weighted by molar-refractivity contribution is -0.137. The lowest BCUT2D eigenvalue weighted by Gasteiger charge is -2.18. The number of nitrogens with one attached hydrogen (secondary N) is 2. The van der Waals surface area contributed by atoms with E-state index in [1.54, 1.807) is 12.1 Å². The van der Waals surface area contributed by atoms with Crippen molar-refractivity contribution in [3.63, 3.8) is 0 Å². The van der Waals surface area contributed by atoms with Gasteiger partial charge in [-0.05, 0) is 18.2 Å². The molecule has 0 aliphatic heterocycles. The van der Waals surface area contributed by atoms with Gasteiger partial charge in [0.25, 0.3) is 11.5 Å². The second kappa shape index (κ2) is 8.21. The number of halogens is 1. The summed E-state index contributed by atoms with van der Waals surface area (Å²) in [7, 11) is 0. The van der Waals surface area contributed by atoms with Crippen LogP contribution in [-0.2, 0) is 4.79 Å². The van der Waals surface area contributed by atoms with E-state index in [0.29, 0.717) is 5.56 Å². The summed E-state index contributed by atoms with van der Waals surface area (Å²) in [6, 6.07) is 7.64. The van der Waals surface area contributed by atoms with E-state index in [1.807, 2.05) is 0 Å². The SMILES string of the molecule is O=C(O)CC(NC(=O)c1cnc(-c2ccncc2)[nH]c1=O)c1ccccc1F. The van der Waals surface area contributed by atoms with E-state index in [0.717, 1.165) is 12.3 Å². The lowest BCUT2D eigenvalue weighted by atomic mass is 10.0. The molecule has 3 rings (SSSR count). The molecule has 0 fully saturated rings. The second-order valence-electron chi connectivity index (χ2n) is 5.86. The fourth-order valence-electron chi connectivity index (χ4n) is 2.62. The van der Waals surface area contributed by atoms with Gasteiger partial charge in [-0.25, -0.2) is 9.37 Å². The van der Waals surface area contributed by atoms with Gasteiger partial charge < -0.3 is 15.4 Å². The van der Waals surface area contributed by atoms with Gasteiger partial charge in [-0.2, -0.15) is 0 Å². The lowest BCUT2D eigenvalue weighted by Crippen LogP contribution is -2.34. The number of nitrogens with zero attached hydrogens (tertiary/aromatic N) is 2. The molecule has 1 aromatic carbocycles. The van der Waals surface area contributed by atoms with Crippen molar-refractivity contribution in [1.29, 1.82) is 0 Å². The van der Waals surface area contributed by atoms with Gasteiger partial charge in [-0.15, -0.1) is 0 Å². The Labute approximate surface area is 158 Å². The highest BCUT2D eigenvalue weighted by Gasteiger charge is 2.23. The topological polar surface area (TPSA) is 125 Å². The van der Waals surface area contributed by atoms with Crippen molar-refractivity contribution < 1.29 is 19.1 Å². The minimum absolute atomic E-state index is 0.0102. The highest BCUT2D eigenvalue weighted by Crippen LogP contribution is 2.20. The van der Waals surface area contributed by atoms with Gasteiger partial charge in [-0.3, -0.25) is 19.4 Å². The van der Waals surface area contributed by atoms with E-state index in [9.17, 15) is 18.8 Å². The second-order valence-corrected chi connectivity index (χ2v) is 5.86. The first-order chi connectivity index (χ1) is 13.5. The first-order valence-electron chi connectivity index (χ1n) is 8.22. The van der Waals surface area contributed by atoms with Crippen LogP contribution >= 0.6 is 0 Å². The number of aromatic amines is 1. The maximum Gasteiger partial charge on any atom is 0.305 e. The summed E-state index contributed by atoms with van der Waals surface area (Å²) in [5.74, 6) is -2.49. The fraction of sp³-hybridized carbons (Fsp3) is 0.105. The van der Waals surface area contributed by atoms with Crippen LogP contribution in [-0.4, -0.2) is 31.9 Å². The Balaban J connectivity index is 1.87. The molecule has 0 saturated heterocycles. The molecule has 0 radical (unpaired) electrons. The molecule has 3 aromatic rings. The van der Waals surface area contributed by atoms with E-state index in [2.05, 4.69) is 20.3 Å². The molecule has 28 heavy (non-hydrogen) atoms. The van der Waals surface area contributed by atoms with E-state index < -0.39 is 35.7 Å². The van der Waals surface area contributed by atoms with E-state index >= 15 is 0 Å². The molecule has 8 nitrogen and oxygen atoms in total. The quantitative estimate of drug-likeness (QED) is 0.598. The number of aromatic nitrogens is 3. The highest BCUT2D eigenvalue weighted by molar-refractivity contribution is 5.94. The predicted octanol–water partition coefficient (Wildman–Crippen LogP) is 1.92. The van der Waals surface area contributed by atoms with Crippen LogP contribution in [0.2, 0.25) is 0 Å². The molecule has 9 heteroatoms. The Morgan fingerprint density at radius 1 is 1.18 bits per heavy atom. The normalized spacial score (nSPS) is 11.6. The molecule has 0 spiro atoms. The van der Waals surface area contributed by atoms with Crippen LogP contribution in [0.3, 0.4) is 0 Å². The van der Waals surface area contributed by atoms with Crippen molar-refractivity contribution in [1.82, 2.24) is 20.3 Å². The number of amides is 1. The summed E-state index contributed by atoms with van der Waals surface area (Å²) in [5, 5.41) is 11.5. The average molecular weight is 382 g/mol. The fourth-order valence-corrected chi connectivity index (χ4v) is 2.62. The molecular weight excluding hydrogens is 367 g/mol. The van der Waals surface area contributed by atoms with E-state index in [1.165, 1.54) is 30.6 Å². The Hall–Kier alpha value is -3.88. The van der Waals surface area contributed by atoms with Crippen LogP contribution in [0.4, 0.5) is 4.39 Å². The molecule has 1 amide bonds. The van der Waals surface area contributed by atoms with Crippen LogP contribution in [0, 0.1) is 5.82 Å². The maximum absolute atomic E-state index is 14.0. The Kier molecular flexibility index (Phi) is 5.54. The van der Waals surface area contributed by atoms with Crippen LogP contribution in [0.15, 0.2) is 59.8 Å². The predicted molar refractivity (Wildman–Crippen MR) is 96.9 cm³/mol. The maximum atomic E-state index is 14.0. The van der Waals surface area contributed by atoms with Gasteiger partial charge in [0.2, 0.25) is 0 Å². The monoisotopic (exact) mass is 382 g/mol. The first kappa shape index (κ1) is 18.9. The molecule has 3 N–H and O–H groups in total. The third kappa shape index (κ3) is 4.26. The molecule has 0 bridgehead atoms. The van der Waals surface area contributed by atoms with Crippen molar-refractivity contribution in [2.75, 3.05) is 0 Å². The van der Waals surface area contributed by atoms with Crippen molar-refractivity contribution in [3.05, 3.63) is 82.3 Å². The summed E-state index contributed by atoms with van der Waals surface area (Å²) >= 11 is 0. The number of carbonyl (C=O) groups is 2. The van der Waals surface area contributed by atoms with Crippen molar-refractivity contribution >= 4 is 11.9 Å². The molecular formula is C19H15FN4O4. The number of carboxylic acids is 1. The third-order valence-electron chi connectivity index (χ3n) is 3.96. The number of H-pyrrole nitrogens is 1. The van der Waals surface area contributed by atoms with Crippen LogP contribution in [0.5, 0.6) is 0 Å². The summed E-state index contributed by atoms with van der Waals surface area (Å²) in [4.78, 5) is 46.3. The van der Waals surface area contributed by atoms with Gasteiger partial charge in [0.05, 0.1) is 12.5 Å². The smallest absolute Gasteiger partial charge is 0.305 e. The minimum Gasteiger partial charge on any atom is -0.481 e. The standard InChI is InChI=1S/C19H15FN4O4/c20-14-4-2-1-3-12(14)15(9-16(25)26)23-18(27)13-10-22-17(24-19(13)28)11-5-7-21-8-6-11/h1-8,10,15H,9H2,(H,23,27)(H,25,26)(H,22,24,28). The summed E-state index contributed by atoms with van der Waals surface area (Å²) in [6.45, 7) is 0. The largest absolute Gasteiger partial charge is 0.481 e. The van der Waals surface area contributed by atoms with Crippen molar-refractivity contribution in [2.24, 2.45) is 0 Å². The number of aliphatic carboxylic acids is 1. The number of carbonyl (C=O) groups excluding carboxylic acids is 1. The summed E-state index contributed by atoms with van der Waals surface area (Å²) in [6.07, 6.45) is 3.60. The highest BCUT2D eigenvalue weighted by atomic mass is 19.1. The molecule has 2 aromatic heterocycles. The average Bonchev–Trinajstić information content (AvgIpc) is 2.68. The van der Waals surface area contributed by atoms with Crippen LogP contribution in [0.1, 0.15) is 28.4 Å². The zero-order valence-electron chi connectivity index (χ0n) is 14.4. The molecule has 142 valence electrons. The molecule has 0 aliphatic carbocycles. The number of hydrogen-bond acceptors (Lipinski definition) is 5. The van der Waals surface area contributed by atoms with Gasteiger partial charge >= 0.3 is 5.97 Å². The summed E-state index contributed by atoms with van der Waals surface area (Å²) in [5.41, 5.74) is -0.406. The first-order valence-corrected chi connectivity index (χ1v) is 8.22. The van der Waals surface area contributed by atoms with Crippen LogP contribution < -0.4 is 10.9 Å². The molecule has 1 atom stereocenters. The Morgan fingerprint density at radius 3 is 2.54 bits per heavy atom. The van der Waals surface area contributed by atoms with Gasteiger partial charge in [0.15, 0.2) is 0 Å². The molecule has 2 heterocycles.